The summed E-state index contributed by atoms with van der Waals surface area (Å²) in [6.45, 7) is 5.79. The van der Waals surface area contributed by atoms with Crippen molar-refractivity contribution in [3.8, 4) is 11.8 Å². The van der Waals surface area contributed by atoms with E-state index in [4.69, 9.17) is 5.73 Å². The fourth-order valence-corrected chi connectivity index (χ4v) is 3.74. The summed E-state index contributed by atoms with van der Waals surface area (Å²) in [4.78, 5) is 18.2. The molecule has 3 rings (SSSR count). The highest BCUT2D eigenvalue weighted by Gasteiger charge is 2.19. The number of nitrogens with one attached hydrogen (secondary N) is 2. The van der Waals surface area contributed by atoms with E-state index in [1.165, 1.54) is 0 Å². The van der Waals surface area contributed by atoms with Crippen LogP contribution >= 0.6 is 0 Å². The molecule has 32 heavy (non-hydrogen) atoms. The number of hydrogen-bond acceptors (Lipinski definition) is 5. The number of rotatable bonds is 10. The molecule has 1 aromatic heterocycles. The van der Waals surface area contributed by atoms with Crippen molar-refractivity contribution in [2.75, 3.05) is 38.5 Å². The molecular weight excluding hydrogens is 404 g/mol. The second kappa shape index (κ2) is 11.7. The number of aryl methyl sites for hydroxylation is 1. The van der Waals surface area contributed by atoms with Crippen LogP contribution < -0.4 is 16.4 Å². The van der Waals surface area contributed by atoms with Crippen LogP contribution in [-0.2, 0) is 11.2 Å². The van der Waals surface area contributed by atoms with Crippen LogP contribution in [0.25, 0.3) is 5.69 Å². The number of aliphatic imine (C=N–C) groups is 1. The highest BCUT2D eigenvalue weighted by Crippen LogP contribution is 2.21. The first-order chi connectivity index (χ1) is 15.6. The summed E-state index contributed by atoms with van der Waals surface area (Å²) in [6.07, 6.45) is 3.92. The number of aromatic nitrogens is 2. The van der Waals surface area contributed by atoms with Gasteiger partial charge in [-0.25, -0.2) is 4.68 Å². The Morgan fingerprint density at radius 1 is 1.28 bits per heavy atom. The van der Waals surface area contributed by atoms with Gasteiger partial charge in [0.05, 0.1) is 11.4 Å². The molecule has 1 saturated heterocycles. The summed E-state index contributed by atoms with van der Waals surface area (Å²) < 4.78 is 1.62. The van der Waals surface area contributed by atoms with Crippen LogP contribution in [-0.4, -0.2) is 59.3 Å². The maximum Gasteiger partial charge on any atom is 0.222 e. The van der Waals surface area contributed by atoms with Crippen molar-refractivity contribution in [2.45, 2.75) is 39.0 Å². The van der Waals surface area contributed by atoms with Crippen molar-refractivity contribution < 1.29 is 4.79 Å². The maximum absolute atomic E-state index is 11.7. The van der Waals surface area contributed by atoms with Gasteiger partial charge in [-0.05, 0) is 44.7 Å². The molecule has 0 spiro atoms. The molecule has 0 radical (unpaired) electrons. The van der Waals surface area contributed by atoms with E-state index in [9.17, 15) is 10.1 Å². The molecule has 0 atom stereocenters. The first kappa shape index (κ1) is 23.1. The molecule has 2 heterocycles. The Morgan fingerprint density at radius 2 is 2.09 bits per heavy atom. The lowest BCUT2D eigenvalue weighted by Crippen LogP contribution is -2.38. The van der Waals surface area contributed by atoms with Crippen LogP contribution in [0.1, 0.15) is 43.9 Å². The first-order valence-electron chi connectivity index (χ1n) is 11.3. The summed E-state index contributed by atoms with van der Waals surface area (Å²) in [7, 11) is 0. The largest absolute Gasteiger partial charge is 0.382 e. The molecule has 0 aliphatic carbocycles. The smallest absolute Gasteiger partial charge is 0.222 e. The van der Waals surface area contributed by atoms with Gasteiger partial charge in [0.2, 0.25) is 5.91 Å². The van der Waals surface area contributed by atoms with Crippen molar-refractivity contribution in [3.63, 3.8) is 0 Å². The van der Waals surface area contributed by atoms with Gasteiger partial charge in [-0.15, -0.1) is 0 Å². The Labute approximate surface area is 189 Å². The molecule has 0 saturated carbocycles. The normalized spacial score (nSPS) is 13.9. The second-order valence-electron chi connectivity index (χ2n) is 7.69. The summed E-state index contributed by atoms with van der Waals surface area (Å²) in [5.74, 6) is 1.38. The molecule has 9 nitrogen and oxygen atoms in total. The summed E-state index contributed by atoms with van der Waals surface area (Å²) in [5.41, 5.74) is 8.14. The monoisotopic (exact) mass is 436 g/mol. The minimum Gasteiger partial charge on any atom is -0.382 e. The second-order valence-corrected chi connectivity index (χ2v) is 7.69. The Morgan fingerprint density at radius 3 is 2.78 bits per heavy atom. The van der Waals surface area contributed by atoms with Gasteiger partial charge in [-0.1, -0.05) is 18.2 Å². The molecule has 9 heteroatoms. The number of likely N-dealkylation sites (tertiary alicyclic amines) is 1. The van der Waals surface area contributed by atoms with E-state index in [0.29, 0.717) is 43.0 Å². The zero-order chi connectivity index (χ0) is 22.8. The number of nitrogen functional groups attached to an aromatic ring is 1. The van der Waals surface area contributed by atoms with Crippen LogP contribution in [0.4, 0.5) is 5.82 Å². The number of carbonyl (C=O) groups excluding carboxylic acids is 1. The highest BCUT2D eigenvalue weighted by atomic mass is 16.2. The molecule has 0 bridgehead atoms. The lowest BCUT2D eigenvalue weighted by molar-refractivity contribution is -0.127. The number of para-hydroxylation sites is 1. The SMILES string of the molecule is CCNC(=NCCCN1CCCC1=O)NCCCc1nn(-c2ccccc2)c(N)c1C#N. The van der Waals surface area contributed by atoms with E-state index in [1.807, 2.05) is 42.2 Å². The third kappa shape index (κ3) is 6.00. The van der Waals surface area contributed by atoms with Gasteiger partial charge in [0.25, 0.3) is 0 Å². The fraction of sp³-hybridized carbons (Fsp3) is 0.478. The average Bonchev–Trinajstić information content (AvgIpc) is 3.36. The number of carbonyl (C=O) groups is 1. The molecule has 4 N–H and O–H groups in total. The van der Waals surface area contributed by atoms with Crippen molar-refractivity contribution in [1.82, 2.24) is 25.3 Å². The quantitative estimate of drug-likeness (QED) is 0.296. The Balaban J connectivity index is 1.49. The number of amides is 1. The number of guanidine groups is 1. The number of nitrogens with zero attached hydrogens (tertiary/aromatic N) is 5. The topological polar surface area (TPSA) is 124 Å². The van der Waals surface area contributed by atoms with E-state index in [2.05, 4.69) is 26.8 Å². The lowest BCUT2D eigenvalue weighted by atomic mass is 10.1. The van der Waals surface area contributed by atoms with Crippen LogP contribution in [0, 0.1) is 11.3 Å². The average molecular weight is 437 g/mol. The molecule has 1 aliphatic rings. The van der Waals surface area contributed by atoms with E-state index in [-0.39, 0.29) is 5.91 Å². The predicted molar refractivity (Wildman–Crippen MR) is 125 cm³/mol. The van der Waals surface area contributed by atoms with E-state index in [1.54, 1.807) is 4.68 Å². The number of anilines is 1. The van der Waals surface area contributed by atoms with E-state index in [0.717, 1.165) is 50.5 Å². The standard InChI is InChI=1S/C23H32N8O/c1-2-26-23(28-14-8-16-30-15-7-12-21(30)32)27-13-6-11-20-19(17-24)22(25)31(29-20)18-9-4-3-5-10-18/h3-5,9-10H,2,6-8,11-16,25H2,1H3,(H2,26,27,28). The summed E-state index contributed by atoms with van der Waals surface area (Å²) in [5, 5.41) is 20.7. The minimum atomic E-state index is 0.256. The molecular formula is C23H32N8O. The molecule has 1 aromatic carbocycles. The first-order valence-corrected chi connectivity index (χ1v) is 11.3. The number of nitrogens with two attached hydrogens (primary N) is 1. The Kier molecular flexibility index (Phi) is 8.49. The van der Waals surface area contributed by atoms with Crippen LogP contribution in [0.5, 0.6) is 0 Å². The zero-order valence-electron chi connectivity index (χ0n) is 18.7. The molecule has 170 valence electrons. The van der Waals surface area contributed by atoms with Gasteiger partial charge < -0.3 is 21.3 Å². The van der Waals surface area contributed by atoms with Gasteiger partial charge in [0.1, 0.15) is 17.5 Å². The predicted octanol–water partition coefficient (Wildman–Crippen LogP) is 1.83. The van der Waals surface area contributed by atoms with Crippen LogP contribution in [0.15, 0.2) is 35.3 Å². The van der Waals surface area contributed by atoms with Crippen molar-refractivity contribution in [2.24, 2.45) is 4.99 Å². The van der Waals surface area contributed by atoms with Crippen LogP contribution in [0.3, 0.4) is 0 Å². The Bertz CT molecular complexity index is 960. The summed E-state index contributed by atoms with van der Waals surface area (Å²) >= 11 is 0. The van der Waals surface area contributed by atoms with Crippen LogP contribution in [0.2, 0.25) is 0 Å². The van der Waals surface area contributed by atoms with Gasteiger partial charge in [0, 0.05) is 39.1 Å². The Hall–Kier alpha value is -3.54. The summed E-state index contributed by atoms with van der Waals surface area (Å²) in [6, 6.07) is 11.8. The van der Waals surface area contributed by atoms with Gasteiger partial charge in [-0.3, -0.25) is 9.79 Å². The van der Waals surface area contributed by atoms with Gasteiger partial charge >= 0.3 is 0 Å². The number of hydrogen-bond donors (Lipinski definition) is 3. The molecule has 2 aromatic rings. The maximum atomic E-state index is 11.7. The molecule has 1 fully saturated rings. The van der Waals surface area contributed by atoms with E-state index >= 15 is 0 Å². The third-order valence-corrected chi connectivity index (χ3v) is 5.36. The van der Waals surface area contributed by atoms with Crippen molar-refractivity contribution in [1.29, 1.82) is 5.26 Å². The molecule has 0 unspecified atom stereocenters. The third-order valence-electron chi connectivity index (χ3n) is 5.36. The van der Waals surface area contributed by atoms with Gasteiger partial charge in [-0.2, -0.15) is 10.4 Å². The van der Waals surface area contributed by atoms with Crippen molar-refractivity contribution >= 4 is 17.7 Å². The van der Waals surface area contributed by atoms with Crippen molar-refractivity contribution in [3.05, 3.63) is 41.6 Å². The van der Waals surface area contributed by atoms with Gasteiger partial charge in [0.15, 0.2) is 5.96 Å². The zero-order valence-corrected chi connectivity index (χ0v) is 18.7. The highest BCUT2D eigenvalue weighted by molar-refractivity contribution is 5.79. The molecule has 1 amide bonds. The van der Waals surface area contributed by atoms with E-state index < -0.39 is 0 Å². The fourth-order valence-electron chi connectivity index (χ4n) is 3.74. The number of benzene rings is 1. The minimum absolute atomic E-state index is 0.256. The lowest BCUT2D eigenvalue weighted by Gasteiger charge is -2.15. The number of nitriles is 1. The molecule has 1 aliphatic heterocycles.